The van der Waals surface area contributed by atoms with Crippen molar-refractivity contribution < 1.29 is 9.32 Å². The third-order valence-corrected chi connectivity index (χ3v) is 5.76. The summed E-state index contributed by atoms with van der Waals surface area (Å²) in [5, 5.41) is 4.73. The van der Waals surface area contributed by atoms with Crippen LogP contribution < -0.4 is 4.90 Å². The van der Waals surface area contributed by atoms with Crippen LogP contribution in [-0.2, 0) is 0 Å². The van der Waals surface area contributed by atoms with Crippen LogP contribution in [0.15, 0.2) is 47.0 Å². The summed E-state index contributed by atoms with van der Waals surface area (Å²) in [7, 11) is 0. The van der Waals surface area contributed by atoms with E-state index in [9.17, 15) is 4.79 Å². The first-order chi connectivity index (χ1) is 13.5. The molecule has 0 saturated heterocycles. The van der Waals surface area contributed by atoms with Crippen molar-refractivity contribution in [2.24, 2.45) is 0 Å². The third-order valence-electron chi connectivity index (χ3n) is 4.79. The van der Waals surface area contributed by atoms with Gasteiger partial charge < -0.3 is 9.42 Å². The Balaban J connectivity index is 1.91. The van der Waals surface area contributed by atoms with E-state index in [-0.39, 0.29) is 5.91 Å². The minimum Gasteiger partial charge on any atom is -0.335 e. The summed E-state index contributed by atoms with van der Waals surface area (Å²) in [5.41, 5.74) is 4.24. The van der Waals surface area contributed by atoms with E-state index in [2.05, 4.69) is 30.1 Å². The number of para-hydroxylation sites is 1. The number of fused-ring (bicyclic) bond motifs is 1. The molecule has 0 N–H and O–H groups in total. The van der Waals surface area contributed by atoms with Gasteiger partial charge in [-0.05, 0) is 52.0 Å². The van der Waals surface area contributed by atoms with Gasteiger partial charge in [0.2, 0.25) is 0 Å². The third kappa shape index (κ3) is 3.10. The highest BCUT2D eigenvalue weighted by molar-refractivity contribution is 7.12. The summed E-state index contributed by atoms with van der Waals surface area (Å²) in [6.07, 6.45) is 0. The van der Waals surface area contributed by atoms with E-state index in [1.807, 2.05) is 50.2 Å². The Morgan fingerprint density at radius 2 is 1.89 bits per heavy atom. The predicted octanol–water partition coefficient (Wildman–Crippen LogP) is 5.54. The van der Waals surface area contributed by atoms with Gasteiger partial charge in [-0.25, -0.2) is 4.98 Å². The molecular formula is C22H21N3O2S. The molecule has 0 aliphatic carbocycles. The van der Waals surface area contributed by atoms with Gasteiger partial charge in [0.25, 0.3) is 11.6 Å². The first kappa shape index (κ1) is 18.4. The van der Waals surface area contributed by atoms with Crippen LogP contribution in [-0.4, -0.2) is 22.6 Å². The normalized spacial score (nSPS) is 11.1. The molecule has 0 saturated carbocycles. The van der Waals surface area contributed by atoms with Crippen LogP contribution in [0.25, 0.3) is 22.4 Å². The number of aryl methyl sites for hydroxylation is 3. The fourth-order valence-electron chi connectivity index (χ4n) is 3.48. The van der Waals surface area contributed by atoms with E-state index in [0.29, 0.717) is 28.9 Å². The van der Waals surface area contributed by atoms with Gasteiger partial charge in [0.15, 0.2) is 0 Å². The van der Waals surface area contributed by atoms with Crippen LogP contribution in [0.3, 0.4) is 0 Å². The summed E-state index contributed by atoms with van der Waals surface area (Å²) < 4.78 is 5.44. The summed E-state index contributed by atoms with van der Waals surface area (Å²) in [6.45, 7) is 8.50. The molecule has 28 heavy (non-hydrogen) atoms. The molecule has 142 valence electrons. The van der Waals surface area contributed by atoms with Gasteiger partial charge >= 0.3 is 0 Å². The van der Waals surface area contributed by atoms with E-state index in [1.54, 1.807) is 16.2 Å². The molecule has 0 atom stereocenters. The second-order valence-electron chi connectivity index (χ2n) is 6.72. The Morgan fingerprint density at radius 3 is 2.54 bits per heavy atom. The molecule has 0 aliphatic heterocycles. The van der Waals surface area contributed by atoms with Crippen LogP contribution in [0.2, 0.25) is 0 Å². The van der Waals surface area contributed by atoms with Crippen molar-refractivity contribution in [3.63, 3.8) is 0 Å². The van der Waals surface area contributed by atoms with Crippen LogP contribution in [0.1, 0.15) is 32.7 Å². The highest BCUT2D eigenvalue weighted by Crippen LogP contribution is 2.33. The smallest absolute Gasteiger partial charge is 0.259 e. The maximum atomic E-state index is 13.5. The Kier molecular flexibility index (Phi) is 4.73. The maximum absolute atomic E-state index is 13.5. The van der Waals surface area contributed by atoms with E-state index < -0.39 is 0 Å². The first-order valence-corrected chi connectivity index (χ1v) is 10.0. The number of thiophene rings is 1. The second-order valence-corrected chi connectivity index (χ2v) is 8.18. The highest BCUT2D eigenvalue weighted by atomic mass is 32.1. The topological polar surface area (TPSA) is 59.2 Å². The van der Waals surface area contributed by atoms with Crippen molar-refractivity contribution in [2.45, 2.75) is 27.7 Å². The second kappa shape index (κ2) is 7.20. The van der Waals surface area contributed by atoms with Crippen LogP contribution >= 0.6 is 11.3 Å². The number of pyridine rings is 1. The number of hydrogen-bond acceptors (Lipinski definition) is 5. The van der Waals surface area contributed by atoms with Crippen LogP contribution in [0.4, 0.5) is 5.69 Å². The number of anilines is 1. The van der Waals surface area contributed by atoms with Crippen LogP contribution in [0.5, 0.6) is 0 Å². The Morgan fingerprint density at radius 1 is 1.14 bits per heavy atom. The number of carbonyl (C=O) groups excluding carboxylic acids is 1. The summed E-state index contributed by atoms with van der Waals surface area (Å²) in [6, 6.07) is 13.6. The fraction of sp³-hybridized carbons (Fsp3) is 0.227. The fourth-order valence-corrected chi connectivity index (χ4v) is 4.42. The van der Waals surface area contributed by atoms with Crippen molar-refractivity contribution in [3.8, 4) is 11.3 Å². The molecular weight excluding hydrogens is 370 g/mol. The monoisotopic (exact) mass is 391 g/mol. The lowest BCUT2D eigenvalue weighted by Crippen LogP contribution is -2.30. The number of carbonyl (C=O) groups is 1. The average Bonchev–Trinajstić information content (AvgIpc) is 3.24. The molecule has 1 aromatic carbocycles. The Hall–Kier alpha value is -2.99. The van der Waals surface area contributed by atoms with Gasteiger partial charge in [0.1, 0.15) is 0 Å². The number of benzene rings is 1. The van der Waals surface area contributed by atoms with E-state index >= 15 is 0 Å². The number of amides is 1. The number of aromatic nitrogens is 2. The molecule has 0 fully saturated rings. The lowest BCUT2D eigenvalue weighted by Gasteiger charge is -2.21. The zero-order valence-electron chi connectivity index (χ0n) is 16.3. The number of rotatable bonds is 4. The number of nitrogens with zero attached hydrogens (tertiary/aromatic N) is 3. The minimum atomic E-state index is -0.0849. The van der Waals surface area contributed by atoms with Gasteiger partial charge in [-0.2, -0.15) is 0 Å². The van der Waals surface area contributed by atoms with Crippen LogP contribution in [0, 0.1) is 20.8 Å². The van der Waals surface area contributed by atoms with Crippen molar-refractivity contribution in [3.05, 3.63) is 63.5 Å². The molecule has 0 radical (unpaired) electrons. The van der Waals surface area contributed by atoms with Crippen molar-refractivity contribution in [1.82, 2.24) is 10.1 Å². The standard InChI is InChI=1S/C22H21N3O2S/c1-5-25(16-9-7-6-8-10-16)22(26)18-12-19(17-11-13(2)28-15(17)4)23-21-20(18)14(3)24-27-21/h6-12H,5H2,1-4H3. The van der Waals surface area contributed by atoms with Crippen molar-refractivity contribution in [2.75, 3.05) is 11.4 Å². The molecule has 0 unspecified atom stereocenters. The van der Waals surface area contributed by atoms with Crippen molar-refractivity contribution >= 4 is 34.0 Å². The zero-order valence-corrected chi connectivity index (χ0v) is 17.1. The lowest BCUT2D eigenvalue weighted by atomic mass is 10.0. The maximum Gasteiger partial charge on any atom is 0.259 e. The quantitative estimate of drug-likeness (QED) is 0.458. The highest BCUT2D eigenvalue weighted by Gasteiger charge is 2.24. The molecule has 0 bridgehead atoms. The predicted molar refractivity (Wildman–Crippen MR) is 113 cm³/mol. The molecule has 6 heteroatoms. The lowest BCUT2D eigenvalue weighted by molar-refractivity contribution is 0.0990. The average molecular weight is 391 g/mol. The van der Waals surface area contributed by atoms with Gasteiger partial charge in [-0.1, -0.05) is 23.4 Å². The van der Waals surface area contributed by atoms with Gasteiger partial charge in [-0.3, -0.25) is 4.79 Å². The molecule has 0 spiro atoms. The summed E-state index contributed by atoms with van der Waals surface area (Å²) >= 11 is 1.72. The molecule has 4 rings (SSSR count). The molecule has 0 aliphatic rings. The molecule has 3 heterocycles. The van der Waals surface area contributed by atoms with Gasteiger partial charge in [0, 0.05) is 27.5 Å². The molecule has 4 aromatic rings. The van der Waals surface area contributed by atoms with E-state index in [4.69, 9.17) is 4.52 Å². The van der Waals surface area contributed by atoms with Gasteiger partial charge in [0.05, 0.1) is 22.3 Å². The zero-order chi connectivity index (χ0) is 19.8. The van der Waals surface area contributed by atoms with Gasteiger partial charge in [-0.15, -0.1) is 11.3 Å². The van der Waals surface area contributed by atoms with Crippen molar-refractivity contribution in [1.29, 1.82) is 0 Å². The number of hydrogen-bond donors (Lipinski definition) is 0. The first-order valence-electron chi connectivity index (χ1n) is 9.21. The summed E-state index contributed by atoms with van der Waals surface area (Å²) in [4.78, 5) is 22.3. The Bertz CT molecular complexity index is 1160. The van der Waals surface area contributed by atoms with E-state index in [0.717, 1.165) is 21.8 Å². The summed E-state index contributed by atoms with van der Waals surface area (Å²) in [5.74, 6) is -0.0849. The minimum absolute atomic E-state index is 0.0849. The molecule has 5 nitrogen and oxygen atoms in total. The molecule has 3 aromatic heterocycles. The SMILES string of the molecule is CCN(C(=O)c1cc(-c2cc(C)sc2C)nc2onc(C)c12)c1ccccc1. The molecule has 1 amide bonds. The largest absolute Gasteiger partial charge is 0.335 e. The van der Waals surface area contributed by atoms with E-state index in [1.165, 1.54) is 4.88 Å². The Labute approximate surface area is 167 Å².